The average molecular weight is 343 g/mol. The van der Waals surface area contributed by atoms with Crippen molar-refractivity contribution in [1.29, 1.82) is 0 Å². The van der Waals surface area contributed by atoms with Crippen LogP contribution in [0.3, 0.4) is 0 Å². The first-order valence-corrected chi connectivity index (χ1v) is 8.72. The number of hydrogen-bond acceptors (Lipinski definition) is 4. The number of hydrogen-bond donors (Lipinski definition) is 1. The highest BCUT2D eigenvalue weighted by Crippen LogP contribution is 2.33. The maximum absolute atomic E-state index is 12.6. The van der Waals surface area contributed by atoms with E-state index in [1.165, 1.54) is 0 Å². The minimum Gasteiger partial charge on any atom is -0.497 e. The van der Waals surface area contributed by atoms with Crippen molar-refractivity contribution >= 4 is 6.03 Å². The van der Waals surface area contributed by atoms with Gasteiger partial charge in [0.15, 0.2) is 5.76 Å². The zero-order chi connectivity index (χ0) is 17.8. The number of aromatic nitrogens is 1. The van der Waals surface area contributed by atoms with Gasteiger partial charge in [-0.2, -0.15) is 0 Å². The van der Waals surface area contributed by atoms with Crippen LogP contribution in [0.25, 0.3) is 0 Å². The van der Waals surface area contributed by atoms with Gasteiger partial charge in [-0.1, -0.05) is 31.1 Å². The van der Waals surface area contributed by atoms with Crippen LogP contribution in [-0.2, 0) is 6.54 Å². The van der Waals surface area contributed by atoms with E-state index in [0.717, 1.165) is 42.2 Å². The fourth-order valence-electron chi connectivity index (χ4n) is 3.10. The van der Waals surface area contributed by atoms with Gasteiger partial charge >= 0.3 is 6.03 Å². The molecule has 1 aliphatic heterocycles. The SMILES string of the molecule is COc1cccc(CNC(=O)N2CCCC2c2cc(C(C)C)no2)c1. The van der Waals surface area contributed by atoms with E-state index in [1.54, 1.807) is 7.11 Å². The number of amides is 2. The van der Waals surface area contributed by atoms with Gasteiger partial charge in [-0.05, 0) is 36.5 Å². The van der Waals surface area contributed by atoms with Crippen LogP contribution in [0.5, 0.6) is 5.75 Å². The summed E-state index contributed by atoms with van der Waals surface area (Å²) >= 11 is 0. The van der Waals surface area contributed by atoms with Crippen molar-refractivity contribution < 1.29 is 14.1 Å². The van der Waals surface area contributed by atoms with Gasteiger partial charge in [-0.25, -0.2) is 4.79 Å². The van der Waals surface area contributed by atoms with E-state index in [2.05, 4.69) is 24.3 Å². The molecule has 0 aliphatic carbocycles. The highest BCUT2D eigenvalue weighted by atomic mass is 16.5. The van der Waals surface area contributed by atoms with E-state index in [0.29, 0.717) is 12.5 Å². The Bertz CT molecular complexity index is 726. The number of methoxy groups -OCH3 is 1. The molecule has 6 heteroatoms. The molecule has 0 radical (unpaired) electrons. The third kappa shape index (κ3) is 3.95. The minimum absolute atomic E-state index is 0.0368. The van der Waals surface area contributed by atoms with Gasteiger partial charge in [0.05, 0.1) is 18.8 Å². The smallest absolute Gasteiger partial charge is 0.318 e. The van der Waals surface area contributed by atoms with Gasteiger partial charge in [0.25, 0.3) is 0 Å². The quantitative estimate of drug-likeness (QED) is 0.895. The van der Waals surface area contributed by atoms with E-state index in [9.17, 15) is 4.79 Å². The minimum atomic E-state index is -0.0761. The Morgan fingerprint density at radius 1 is 1.44 bits per heavy atom. The summed E-state index contributed by atoms with van der Waals surface area (Å²) in [6.45, 7) is 5.35. The number of nitrogens with zero attached hydrogens (tertiary/aromatic N) is 2. The average Bonchev–Trinajstić information content (AvgIpc) is 3.28. The van der Waals surface area contributed by atoms with Crippen LogP contribution in [-0.4, -0.2) is 29.7 Å². The molecule has 134 valence electrons. The van der Waals surface area contributed by atoms with Crippen molar-refractivity contribution in [3.8, 4) is 5.75 Å². The van der Waals surface area contributed by atoms with Gasteiger partial charge in [0.1, 0.15) is 5.75 Å². The molecule has 1 unspecified atom stereocenters. The molecule has 1 aliphatic rings. The molecular formula is C19H25N3O3. The van der Waals surface area contributed by atoms with Gasteiger partial charge in [0.2, 0.25) is 0 Å². The highest BCUT2D eigenvalue weighted by molar-refractivity contribution is 5.75. The van der Waals surface area contributed by atoms with Crippen molar-refractivity contribution in [3.63, 3.8) is 0 Å². The zero-order valence-corrected chi connectivity index (χ0v) is 15.0. The molecule has 0 saturated carbocycles. The van der Waals surface area contributed by atoms with Crippen molar-refractivity contribution in [1.82, 2.24) is 15.4 Å². The fourth-order valence-corrected chi connectivity index (χ4v) is 3.10. The summed E-state index contributed by atoms with van der Waals surface area (Å²) in [5, 5.41) is 7.11. The number of carbonyl (C=O) groups excluding carboxylic acids is 1. The molecule has 1 atom stereocenters. The normalized spacial score (nSPS) is 17.1. The number of rotatable bonds is 5. The molecule has 1 N–H and O–H groups in total. The Labute approximate surface area is 148 Å². The van der Waals surface area contributed by atoms with Crippen molar-refractivity contribution in [3.05, 3.63) is 47.3 Å². The summed E-state index contributed by atoms with van der Waals surface area (Å²) in [5.41, 5.74) is 1.93. The summed E-state index contributed by atoms with van der Waals surface area (Å²) in [7, 11) is 1.63. The number of nitrogens with one attached hydrogen (secondary N) is 1. The van der Waals surface area contributed by atoms with E-state index in [-0.39, 0.29) is 12.1 Å². The topological polar surface area (TPSA) is 67.6 Å². The lowest BCUT2D eigenvalue weighted by atomic mass is 10.1. The molecule has 1 saturated heterocycles. The largest absolute Gasteiger partial charge is 0.497 e. The summed E-state index contributed by atoms with van der Waals surface area (Å²) in [5.74, 6) is 1.88. The first-order chi connectivity index (χ1) is 12.1. The van der Waals surface area contributed by atoms with E-state index in [1.807, 2.05) is 35.2 Å². The second-order valence-electron chi connectivity index (χ2n) is 6.67. The Hall–Kier alpha value is -2.50. The second-order valence-corrected chi connectivity index (χ2v) is 6.67. The predicted octanol–water partition coefficient (Wildman–Crippen LogP) is 3.85. The molecule has 2 amide bonds. The molecular weight excluding hydrogens is 318 g/mol. The Kier molecular flexibility index (Phi) is 5.26. The molecule has 3 rings (SSSR count). The third-order valence-electron chi connectivity index (χ3n) is 4.56. The van der Waals surface area contributed by atoms with Crippen molar-refractivity contribution in [2.45, 2.75) is 45.2 Å². The number of ether oxygens (including phenoxy) is 1. The predicted molar refractivity (Wildman–Crippen MR) is 94.5 cm³/mol. The van der Waals surface area contributed by atoms with Crippen LogP contribution >= 0.6 is 0 Å². The highest BCUT2D eigenvalue weighted by Gasteiger charge is 2.32. The van der Waals surface area contributed by atoms with Crippen LogP contribution in [0.4, 0.5) is 4.79 Å². The lowest BCUT2D eigenvalue weighted by Gasteiger charge is -2.23. The first kappa shape index (κ1) is 17.3. The Morgan fingerprint density at radius 3 is 3.00 bits per heavy atom. The lowest BCUT2D eigenvalue weighted by molar-refractivity contribution is 0.182. The van der Waals surface area contributed by atoms with Crippen LogP contribution in [0.1, 0.15) is 55.7 Å². The lowest BCUT2D eigenvalue weighted by Crippen LogP contribution is -2.39. The standard InChI is InChI=1S/C19H25N3O3/c1-13(2)16-11-18(25-21-16)17-8-5-9-22(17)19(23)20-12-14-6-4-7-15(10-14)24-3/h4,6-7,10-11,13,17H,5,8-9,12H2,1-3H3,(H,20,23). The molecule has 25 heavy (non-hydrogen) atoms. The van der Waals surface area contributed by atoms with E-state index < -0.39 is 0 Å². The summed E-state index contributed by atoms with van der Waals surface area (Å²) in [6.07, 6.45) is 1.87. The number of urea groups is 1. The molecule has 0 bridgehead atoms. The van der Waals surface area contributed by atoms with Gasteiger partial charge in [0, 0.05) is 19.2 Å². The molecule has 1 aromatic carbocycles. The fraction of sp³-hybridized carbons (Fsp3) is 0.474. The van der Waals surface area contributed by atoms with Gasteiger partial charge in [-0.3, -0.25) is 0 Å². The number of carbonyl (C=O) groups is 1. The Balaban J connectivity index is 1.63. The third-order valence-corrected chi connectivity index (χ3v) is 4.56. The molecule has 2 heterocycles. The molecule has 0 spiro atoms. The van der Waals surface area contributed by atoms with Crippen molar-refractivity contribution in [2.24, 2.45) is 0 Å². The van der Waals surface area contributed by atoms with Crippen LogP contribution in [0.15, 0.2) is 34.9 Å². The number of likely N-dealkylation sites (tertiary alicyclic amines) is 1. The van der Waals surface area contributed by atoms with E-state index >= 15 is 0 Å². The molecule has 1 aromatic heterocycles. The summed E-state index contributed by atoms with van der Waals surface area (Å²) in [4.78, 5) is 14.5. The van der Waals surface area contributed by atoms with Gasteiger partial charge in [-0.15, -0.1) is 0 Å². The van der Waals surface area contributed by atoms with Crippen LogP contribution < -0.4 is 10.1 Å². The zero-order valence-electron chi connectivity index (χ0n) is 15.0. The van der Waals surface area contributed by atoms with Crippen LogP contribution in [0.2, 0.25) is 0 Å². The number of benzene rings is 1. The second kappa shape index (κ2) is 7.59. The maximum atomic E-state index is 12.6. The van der Waals surface area contributed by atoms with E-state index in [4.69, 9.17) is 9.26 Å². The molecule has 1 fully saturated rings. The summed E-state index contributed by atoms with van der Waals surface area (Å²) < 4.78 is 10.7. The molecule has 2 aromatic rings. The maximum Gasteiger partial charge on any atom is 0.318 e. The van der Waals surface area contributed by atoms with Crippen molar-refractivity contribution in [2.75, 3.05) is 13.7 Å². The molecule has 6 nitrogen and oxygen atoms in total. The monoisotopic (exact) mass is 343 g/mol. The summed E-state index contributed by atoms with van der Waals surface area (Å²) in [6, 6.07) is 9.56. The Morgan fingerprint density at radius 2 is 2.28 bits per heavy atom. The van der Waals surface area contributed by atoms with Gasteiger partial charge < -0.3 is 19.5 Å². The van der Waals surface area contributed by atoms with Crippen LogP contribution in [0, 0.1) is 0 Å². The first-order valence-electron chi connectivity index (χ1n) is 8.72.